The molecule has 1 aliphatic heterocycles. The standard InChI is InChI=1S/C18H20ClN3O2/c1-12-16(11-14-10-15(19)4-5-17(14)20-12)18(24)22-7-3-6-21(8-9-22)13(2)23/h4-5,10-11H,3,6-9H2,1-2H3. The minimum absolute atomic E-state index is 0.0349. The molecule has 5 nitrogen and oxygen atoms in total. The van der Waals surface area contributed by atoms with Gasteiger partial charge in [-0.25, -0.2) is 0 Å². The van der Waals surface area contributed by atoms with Gasteiger partial charge in [0.1, 0.15) is 0 Å². The van der Waals surface area contributed by atoms with Gasteiger partial charge in [-0.3, -0.25) is 14.6 Å². The fraction of sp³-hybridized carbons (Fsp3) is 0.389. The molecule has 0 aliphatic carbocycles. The average Bonchev–Trinajstić information content (AvgIpc) is 2.80. The lowest BCUT2D eigenvalue weighted by molar-refractivity contribution is -0.128. The van der Waals surface area contributed by atoms with E-state index in [2.05, 4.69) is 4.98 Å². The van der Waals surface area contributed by atoms with Crippen molar-refractivity contribution in [2.24, 2.45) is 0 Å². The van der Waals surface area contributed by atoms with Gasteiger partial charge in [-0.2, -0.15) is 0 Å². The minimum atomic E-state index is -0.0349. The number of hydrogen-bond acceptors (Lipinski definition) is 3. The summed E-state index contributed by atoms with van der Waals surface area (Å²) in [6.07, 6.45) is 0.789. The number of amides is 2. The Hall–Kier alpha value is -2.14. The highest BCUT2D eigenvalue weighted by molar-refractivity contribution is 6.31. The highest BCUT2D eigenvalue weighted by atomic mass is 35.5. The van der Waals surface area contributed by atoms with E-state index in [9.17, 15) is 9.59 Å². The molecule has 3 rings (SSSR count). The van der Waals surface area contributed by atoms with Crippen molar-refractivity contribution in [2.45, 2.75) is 20.3 Å². The van der Waals surface area contributed by atoms with Crippen LogP contribution in [0.25, 0.3) is 10.9 Å². The molecule has 0 spiro atoms. The topological polar surface area (TPSA) is 53.5 Å². The number of aromatic nitrogens is 1. The third kappa shape index (κ3) is 3.36. The first kappa shape index (κ1) is 16.7. The Morgan fingerprint density at radius 2 is 1.79 bits per heavy atom. The molecule has 126 valence electrons. The number of rotatable bonds is 1. The maximum atomic E-state index is 12.9. The lowest BCUT2D eigenvalue weighted by Gasteiger charge is -2.22. The number of nitrogens with zero attached hydrogens (tertiary/aromatic N) is 3. The van der Waals surface area contributed by atoms with Gasteiger partial charge in [0.2, 0.25) is 5.91 Å². The normalized spacial score (nSPS) is 15.5. The predicted molar refractivity (Wildman–Crippen MR) is 94.3 cm³/mol. The second-order valence-electron chi connectivity index (χ2n) is 6.11. The van der Waals surface area contributed by atoms with Gasteiger partial charge in [0.25, 0.3) is 5.91 Å². The first-order chi connectivity index (χ1) is 11.5. The van der Waals surface area contributed by atoms with Crippen LogP contribution in [0.3, 0.4) is 0 Å². The van der Waals surface area contributed by atoms with Crippen molar-refractivity contribution in [2.75, 3.05) is 26.2 Å². The molecule has 1 fully saturated rings. The molecule has 0 N–H and O–H groups in total. The number of fused-ring (bicyclic) bond motifs is 1. The van der Waals surface area contributed by atoms with Crippen LogP contribution >= 0.6 is 11.6 Å². The molecule has 0 radical (unpaired) electrons. The SMILES string of the molecule is CC(=O)N1CCCN(C(=O)c2cc3cc(Cl)ccc3nc2C)CC1. The summed E-state index contributed by atoms with van der Waals surface area (Å²) in [5.74, 6) is 0.0229. The smallest absolute Gasteiger partial charge is 0.255 e. The Balaban J connectivity index is 1.88. The average molecular weight is 346 g/mol. The van der Waals surface area contributed by atoms with Crippen LogP contribution < -0.4 is 0 Å². The lowest BCUT2D eigenvalue weighted by atomic mass is 10.1. The van der Waals surface area contributed by atoms with Crippen LogP contribution in [0.4, 0.5) is 0 Å². The monoisotopic (exact) mass is 345 g/mol. The van der Waals surface area contributed by atoms with Crippen molar-refractivity contribution in [1.82, 2.24) is 14.8 Å². The number of aryl methyl sites for hydroxylation is 1. The number of hydrogen-bond donors (Lipinski definition) is 0. The van der Waals surface area contributed by atoms with E-state index < -0.39 is 0 Å². The Kier molecular flexibility index (Phi) is 4.71. The Morgan fingerprint density at radius 1 is 1.08 bits per heavy atom. The molecule has 0 atom stereocenters. The van der Waals surface area contributed by atoms with E-state index in [0.29, 0.717) is 42.5 Å². The van der Waals surface area contributed by atoms with Gasteiger partial charge >= 0.3 is 0 Å². The summed E-state index contributed by atoms with van der Waals surface area (Å²) < 4.78 is 0. The van der Waals surface area contributed by atoms with Crippen molar-refractivity contribution in [3.05, 3.63) is 40.5 Å². The molecule has 6 heteroatoms. The molecule has 2 amide bonds. The van der Waals surface area contributed by atoms with Crippen LogP contribution in [-0.2, 0) is 4.79 Å². The van der Waals surface area contributed by atoms with Crippen molar-refractivity contribution in [3.8, 4) is 0 Å². The molecule has 1 aromatic carbocycles. The molecule has 1 saturated heterocycles. The van der Waals surface area contributed by atoms with Gasteiger partial charge in [-0.15, -0.1) is 0 Å². The van der Waals surface area contributed by atoms with Crippen molar-refractivity contribution >= 4 is 34.3 Å². The van der Waals surface area contributed by atoms with Crippen LogP contribution in [0.1, 0.15) is 29.4 Å². The summed E-state index contributed by atoms with van der Waals surface area (Å²) in [4.78, 5) is 32.6. The van der Waals surface area contributed by atoms with E-state index in [1.165, 1.54) is 0 Å². The first-order valence-corrected chi connectivity index (χ1v) is 8.45. The van der Waals surface area contributed by atoms with Gasteiger partial charge < -0.3 is 9.80 Å². The first-order valence-electron chi connectivity index (χ1n) is 8.07. The van der Waals surface area contributed by atoms with E-state index in [1.807, 2.05) is 30.0 Å². The van der Waals surface area contributed by atoms with Gasteiger partial charge in [0.15, 0.2) is 0 Å². The lowest BCUT2D eigenvalue weighted by Crippen LogP contribution is -2.36. The highest BCUT2D eigenvalue weighted by Crippen LogP contribution is 2.22. The van der Waals surface area contributed by atoms with Crippen LogP contribution in [0.2, 0.25) is 5.02 Å². The summed E-state index contributed by atoms with van der Waals surface area (Å²) in [6.45, 7) is 5.89. The molecular formula is C18H20ClN3O2. The van der Waals surface area contributed by atoms with E-state index >= 15 is 0 Å². The van der Waals surface area contributed by atoms with Crippen molar-refractivity contribution < 1.29 is 9.59 Å². The second-order valence-corrected chi connectivity index (χ2v) is 6.55. The van der Waals surface area contributed by atoms with Crippen LogP contribution in [0.5, 0.6) is 0 Å². The Bertz CT molecular complexity index is 806. The van der Waals surface area contributed by atoms with Gasteiger partial charge in [0, 0.05) is 43.5 Å². The summed E-state index contributed by atoms with van der Waals surface area (Å²) in [5, 5.41) is 1.48. The molecule has 2 heterocycles. The largest absolute Gasteiger partial charge is 0.341 e. The number of pyridine rings is 1. The second kappa shape index (κ2) is 6.77. The number of halogens is 1. The molecule has 1 aliphatic rings. The molecule has 0 bridgehead atoms. The van der Waals surface area contributed by atoms with Crippen LogP contribution in [-0.4, -0.2) is 52.8 Å². The zero-order valence-corrected chi connectivity index (χ0v) is 14.6. The van der Waals surface area contributed by atoms with Gasteiger partial charge in [-0.05, 0) is 37.6 Å². The third-order valence-corrected chi connectivity index (χ3v) is 4.66. The van der Waals surface area contributed by atoms with E-state index in [-0.39, 0.29) is 11.8 Å². The predicted octanol–water partition coefficient (Wildman–Crippen LogP) is 2.89. The summed E-state index contributed by atoms with van der Waals surface area (Å²) >= 11 is 6.05. The van der Waals surface area contributed by atoms with Crippen LogP contribution in [0, 0.1) is 6.92 Å². The number of benzene rings is 1. The third-order valence-electron chi connectivity index (χ3n) is 4.43. The zero-order chi connectivity index (χ0) is 17.3. The molecule has 24 heavy (non-hydrogen) atoms. The summed E-state index contributed by atoms with van der Waals surface area (Å²) in [6, 6.07) is 7.33. The van der Waals surface area contributed by atoms with E-state index in [0.717, 1.165) is 17.3 Å². The Labute approximate surface area is 146 Å². The minimum Gasteiger partial charge on any atom is -0.341 e. The maximum Gasteiger partial charge on any atom is 0.255 e. The summed E-state index contributed by atoms with van der Waals surface area (Å²) in [5.41, 5.74) is 2.13. The van der Waals surface area contributed by atoms with Crippen molar-refractivity contribution in [3.63, 3.8) is 0 Å². The van der Waals surface area contributed by atoms with E-state index in [4.69, 9.17) is 11.6 Å². The van der Waals surface area contributed by atoms with Gasteiger partial charge in [-0.1, -0.05) is 11.6 Å². The van der Waals surface area contributed by atoms with Crippen molar-refractivity contribution in [1.29, 1.82) is 0 Å². The zero-order valence-electron chi connectivity index (χ0n) is 13.9. The molecule has 0 unspecified atom stereocenters. The quantitative estimate of drug-likeness (QED) is 0.798. The van der Waals surface area contributed by atoms with Crippen LogP contribution in [0.15, 0.2) is 24.3 Å². The fourth-order valence-electron chi connectivity index (χ4n) is 3.07. The molecular weight excluding hydrogens is 326 g/mol. The number of carbonyl (C=O) groups is 2. The Morgan fingerprint density at radius 3 is 2.54 bits per heavy atom. The van der Waals surface area contributed by atoms with Gasteiger partial charge in [0.05, 0.1) is 16.8 Å². The summed E-state index contributed by atoms with van der Waals surface area (Å²) in [7, 11) is 0. The molecule has 1 aromatic heterocycles. The molecule has 0 saturated carbocycles. The van der Waals surface area contributed by atoms with E-state index in [1.54, 1.807) is 17.9 Å². The fourth-order valence-corrected chi connectivity index (χ4v) is 3.25. The highest BCUT2D eigenvalue weighted by Gasteiger charge is 2.23. The number of carbonyl (C=O) groups excluding carboxylic acids is 2. The maximum absolute atomic E-state index is 12.9. The molecule has 2 aromatic rings.